The molecule has 1 saturated heterocycles. The Balaban J connectivity index is 1.84. The van der Waals surface area contributed by atoms with E-state index in [2.05, 4.69) is 24.3 Å². The summed E-state index contributed by atoms with van der Waals surface area (Å²) in [5.41, 5.74) is 0.964. The zero-order chi connectivity index (χ0) is 16.8. The Morgan fingerprint density at radius 2 is 2.26 bits per heavy atom. The van der Waals surface area contributed by atoms with E-state index in [-0.39, 0.29) is 18.1 Å². The van der Waals surface area contributed by atoms with Gasteiger partial charge in [0, 0.05) is 31.0 Å². The van der Waals surface area contributed by atoms with Crippen LogP contribution in [0.1, 0.15) is 63.8 Å². The van der Waals surface area contributed by atoms with E-state index >= 15 is 0 Å². The van der Waals surface area contributed by atoms with Gasteiger partial charge in [0.2, 0.25) is 0 Å². The van der Waals surface area contributed by atoms with E-state index in [0.717, 1.165) is 37.9 Å². The Bertz CT molecular complexity index is 497. The second kappa shape index (κ2) is 8.34. The summed E-state index contributed by atoms with van der Waals surface area (Å²) in [6.45, 7) is 7.77. The van der Waals surface area contributed by atoms with Crippen molar-refractivity contribution in [3.63, 3.8) is 0 Å². The molecule has 1 aromatic heterocycles. The molecule has 2 amide bonds. The molecule has 0 radical (unpaired) electrons. The summed E-state index contributed by atoms with van der Waals surface area (Å²) >= 11 is 0. The number of piperidine rings is 1. The number of urea groups is 1. The van der Waals surface area contributed by atoms with Crippen LogP contribution < -0.4 is 5.32 Å². The Morgan fingerprint density at radius 1 is 1.52 bits per heavy atom. The van der Waals surface area contributed by atoms with Crippen LogP contribution in [0.2, 0.25) is 0 Å². The lowest BCUT2D eigenvalue weighted by atomic mass is 9.94. The van der Waals surface area contributed by atoms with Gasteiger partial charge in [-0.25, -0.2) is 4.79 Å². The molecule has 0 aromatic carbocycles. The second-order valence-corrected chi connectivity index (χ2v) is 6.48. The van der Waals surface area contributed by atoms with E-state index in [1.165, 1.54) is 0 Å². The maximum atomic E-state index is 12.3. The number of nitrogens with one attached hydrogen (secondary N) is 1. The molecule has 2 rings (SSSR count). The molecule has 2 heterocycles. The average Bonchev–Trinajstić information content (AvgIpc) is 3.02. The molecular weight excluding hydrogens is 294 g/mol. The Labute approximate surface area is 138 Å². The van der Waals surface area contributed by atoms with Crippen molar-refractivity contribution in [3.05, 3.63) is 17.5 Å². The third kappa shape index (κ3) is 4.70. The molecule has 130 valence electrons. The van der Waals surface area contributed by atoms with Gasteiger partial charge in [-0.2, -0.15) is 0 Å². The maximum absolute atomic E-state index is 12.3. The lowest BCUT2D eigenvalue weighted by Gasteiger charge is -2.34. The molecule has 1 aliphatic heterocycles. The van der Waals surface area contributed by atoms with Gasteiger partial charge in [0.15, 0.2) is 5.76 Å². The van der Waals surface area contributed by atoms with Crippen molar-refractivity contribution in [2.75, 3.05) is 13.1 Å². The van der Waals surface area contributed by atoms with E-state index in [0.29, 0.717) is 24.8 Å². The van der Waals surface area contributed by atoms with Crippen LogP contribution in [0, 0.1) is 5.92 Å². The van der Waals surface area contributed by atoms with Crippen LogP contribution in [0.15, 0.2) is 10.6 Å². The first-order valence-electron chi connectivity index (χ1n) is 8.71. The van der Waals surface area contributed by atoms with Crippen LogP contribution in [0.25, 0.3) is 0 Å². The fourth-order valence-electron chi connectivity index (χ4n) is 3.17. The highest BCUT2D eigenvalue weighted by atomic mass is 16.5. The molecule has 2 unspecified atom stereocenters. The van der Waals surface area contributed by atoms with Crippen molar-refractivity contribution in [1.82, 2.24) is 15.4 Å². The van der Waals surface area contributed by atoms with Gasteiger partial charge in [0.05, 0.1) is 18.3 Å². The van der Waals surface area contributed by atoms with Gasteiger partial charge in [-0.3, -0.25) is 0 Å². The molecule has 23 heavy (non-hydrogen) atoms. The third-order valence-corrected chi connectivity index (χ3v) is 4.82. The van der Waals surface area contributed by atoms with E-state index in [4.69, 9.17) is 4.52 Å². The van der Waals surface area contributed by atoms with E-state index in [9.17, 15) is 9.90 Å². The molecule has 6 heteroatoms. The number of aromatic nitrogens is 1. The molecule has 0 saturated carbocycles. The van der Waals surface area contributed by atoms with Crippen molar-refractivity contribution < 1.29 is 14.4 Å². The predicted molar refractivity (Wildman–Crippen MR) is 88.0 cm³/mol. The molecule has 1 aliphatic rings. The van der Waals surface area contributed by atoms with Crippen LogP contribution in [0.5, 0.6) is 0 Å². The highest BCUT2D eigenvalue weighted by Gasteiger charge is 2.26. The highest BCUT2D eigenvalue weighted by molar-refractivity contribution is 5.74. The standard InChI is InChI=1S/C17H29N3O3/c1-4-13(5-2)16-9-15(23-19-16)10-18-17(22)20-8-6-7-14(11-20)12(3)21/h9,12-14,21H,4-8,10-11H2,1-3H3,(H,18,22). The maximum Gasteiger partial charge on any atom is 0.317 e. The summed E-state index contributed by atoms with van der Waals surface area (Å²) < 4.78 is 5.32. The molecule has 0 bridgehead atoms. The van der Waals surface area contributed by atoms with Gasteiger partial charge in [-0.05, 0) is 32.6 Å². The number of amides is 2. The largest absolute Gasteiger partial charge is 0.393 e. The summed E-state index contributed by atoms with van der Waals surface area (Å²) in [4.78, 5) is 14.0. The SMILES string of the molecule is CCC(CC)c1cc(CNC(=O)N2CCCC(C(C)O)C2)on1. The first-order valence-corrected chi connectivity index (χ1v) is 8.71. The van der Waals surface area contributed by atoms with Gasteiger partial charge in [0.25, 0.3) is 0 Å². The summed E-state index contributed by atoms with van der Waals surface area (Å²) in [6.07, 6.45) is 3.60. The normalized spacial score (nSPS) is 19.9. The molecule has 1 aromatic rings. The molecular formula is C17H29N3O3. The minimum Gasteiger partial charge on any atom is -0.393 e. The van der Waals surface area contributed by atoms with E-state index in [1.807, 2.05) is 6.07 Å². The molecule has 6 nitrogen and oxygen atoms in total. The van der Waals surface area contributed by atoms with Crippen LogP contribution in [-0.2, 0) is 6.54 Å². The number of hydrogen-bond acceptors (Lipinski definition) is 4. The van der Waals surface area contributed by atoms with Crippen LogP contribution in [-0.4, -0.2) is 40.4 Å². The first kappa shape index (κ1) is 17.8. The highest BCUT2D eigenvalue weighted by Crippen LogP contribution is 2.22. The van der Waals surface area contributed by atoms with Crippen LogP contribution in [0.3, 0.4) is 0 Å². The number of aliphatic hydroxyl groups is 1. The monoisotopic (exact) mass is 323 g/mol. The van der Waals surface area contributed by atoms with Crippen molar-refractivity contribution in [2.24, 2.45) is 5.92 Å². The average molecular weight is 323 g/mol. The molecule has 1 fully saturated rings. The van der Waals surface area contributed by atoms with Crippen molar-refractivity contribution in [3.8, 4) is 0 Å². The molecule has 2 atom stereocenters. The van der Waals surface area contributed by atoms with E-state index in [1.54, 1.807) is 11.8 Å². The van der Waals surface area contributed by atoms with Crippen molar-refractivity contribution in [1.29, 1.82) is 0 Å². The lowest BCUT2D eigenvalue weighted by molar-refractivity contribution is 0.0737. The summed E-state index contributed by atoms with van der Waals surface area (Å²) in [6, 6.07) is 1.84. The zero-order valence-corrected chi connectivity index (χ0v) is 14.4. The second-order valence-electron chi connectivity index (χ2n) is 6.48. The first-order chi connectivity index (χ1) is 11.0. The van der Waals surface area contributed by atoms with Gasteiger partial charge < -0.3 is 19.8 Å². The smallest absolute Gasteiger partial charge is 0.317 e. The zero-order valence-electron chi connectivity index (χ0n) is 14.4. The topological polar surface area (TPSA) is 78.6 Å². The Hall–Kier alpha value is -1.56. The number of likely N-dealkylation sites (tertiary alicyclic amines) is 1. The van der Waals surface area contributed by atoms with Gasteiger partial charge in [0.1, 0.15) is 0 Å². The minimum absolute atomic E-state index is 0.101. The number of carbonyl (C=O) groups is 1. The van der Waals surface area contributed by atoms with Crippen molar-refractivity contribution >= 4 is 6.03 Å². The summed E-state index contributed by atoms with van der Waals surface area (Å²) in [5.74, 6) is 1.27. The summed E-state index contributed by atoms with van der Waals surface area (Å²) in [7, 11) is 0. The third-order valence-electron chi connectivity index (χ3n) is 4.82. The fraction of sp³-hybridized carbons (Fsp3) is 0.765. The molecule has 0 aliphatic carbocycles. The molecule has 0 spiro atoms. The lowest BCUT2D eigenvalue weighted by Crippen LogP contribution is -2.47. The predicted octanol–water partition coefficient (Wildman–Crippen LogP) is 2.88. The number of hydrogen-bond donors (Lipinski definition) is 2. The van der Waals surface area contributed by atoms with Crippen molar-refractivity contribution in [2.45, 2.75) is 65.0 Å². The van der Waals surface area contributed by atoms with E-state index < -0.39 is 0 Å². The number of aliphatic hydroxyl groups excluding tert-OH is 1. The van der Waals surface area contributed by atoms with Crippen LogP contribution >= 0.6 is 0 Å². The quantitative estimate of drug-likeness (QED) is 0.844. The number of rotatable bonds is 6. The van der Waals surface area contributed by atoms with Gasteiger partial charge in [-0.15, -0.1) is 0 Å². The van der Waals surface area contributed by atoms with Crippen LogP contribution in [0.4, 0.5) is 4.79 Å². The number of nitrogens with zero attached hydrogens (tertiary/aromatic N) is 2. The van der Waals surface area contributed by atoms with Gasteiger partial charge >= 0.3 is 6.03 Å². The fourth-order valence-corrected chi connectivity index (χ4v) is 3.17. The minimum atomic E-state index is -0.373. The Morgan fingerprint density at radius 3 is 2.91 bits per heavy atom. The summed E-state index contributed by atoms with van der Waals surface area (Å²) in [5, 5.41) is 16.7. The Kier molecular flexibility index (Phi) is 6.45. The van der Waals surface area contributed by atoms with Gasteiger partial charge in [-0.1, -0.05) is 19.0 Å². The number of carbonyl (C=O) groups excluding carboxylic acids is 1. The molecule has 2 N–H and O–H groups in total.